The molecule has 1 rings (SSSR count). The Morgan fingerprint density at radius 1 is 1.55 bits per heavy atom. The molecule has 2 atom stereocenters. The molecular formula is C9H18FN. The van der Waals surface area contributed by atoms with E-state index < -0.39 is 0 Å². The van der Waals surface area contributed by atoms with Crippen LogP contribution in [-0.4, -0.2) is 30.2 Å². The fraction of sp³-hybridized carbons (Fsp3) is 1.00. The molecular weight excluding hydrogens is 141 g/mol. The molecule has 1 nitrogen and oxygen atoms in total. The first kappa shape index (κ1) is 8.98. The molecule has 0 aliphatic carbocycles. The Labute approximate surface area is 68.6 Å². The van der Waals surface area contributed by atoms with Gasteiger partial charge >= 0.3 is 0 Å². The molecule has 0 N–H and O–H groups in total. The Bertz CT molecular complexity index is 125. The average Bonchev–Trinajstić information content (AvgIpc) is 2.30. The van der Waals surface area contributed by atoms with Crippen molar-refractivity contribution in [1.29, 1.82) is 0 Å². The highest BCUT2D eigenvalue weighted by Crippen LogP contribution is 2.24. The largest absolute Gasteiger partial charge is 0.295 e. The van der Waals surface area contributed by atoms with E-state index >= 15 is 0 Å². The molecule has 1 fully saturated rings. The lowest BCUT2D eigenvalue weighted by molar-refractivity contribution is 0.173. The molecule has 0 amide bonds. The van der Waals surface area contributed by atoms with E-state index in [4.69, 9.17) is 0 Å². The maximum absolute atomic E-state index is 12.4. The summed E-state index contributed by atoms with van der Waals surface area (Å²) in [5, 5.41) is 0. The number of likely N-dealkylation sites (tertiary alicyclic amines) is 1. The molecule has 2 unspecified atom stereocenters. The van der Waals surface area contributed by atoms with Crippen molar-refractivity contribution < 1.29 is 4.39 Å². The van der Waals surface area contributed by atoms with Gasteiger partial charge in [-0.05, 0) is 26.2 Å². The number of nitrogens with zero attached hydrogens (tertiary/aromatic N) is 1. The van der Waals surface area contributed by atoms with Crippen LogP contribution in [0.25, 0.3) is 0 Å². The van der Waals surface area contributed by atoms with Crippen LogP contribution in [-0.2, 0) is 0 Å². The zero-order valence-electron chi connectivity index (χ0n) is 7.68. The van der Waals surface area contributed by atoms with E-state index in [9.17, 15) is 4.39 Å². The summed E-state index contributed by atoms with van der Waals surface area (Å²) >= 11 is 0. The van der Waals surface area contributed by atoms with Crippen LogP contribution in [0.2, 0.25) is 0 Å². The first-order valence-electron chi connectivity index (χ1n) is 4.46. The van der Waals surface area contributed by atoms with Gasteiger partial charge in [-0.25, -0.2) is 4.39 Å². The second-order valence-electron chi connectivity index (χ2n) is 3.94. The van der Waals surface area contributed by atoms with Crippen LogP contribution in [0.5, 0.6) is 0 Å². The van der Waals surface area contributed by atoms with E-state index in [1.807, 2.05) is 0 Å². The van der Waals surface area contributed by atoms with Crippen molar-refractivity contribution in [3.8, 4) is 0 Å². The predicted molar refractivity (Wildman–Crippen MR) is 45.4 cm³/mol. The number of halogens is 1. The Hall–Kier alpha value is -0.110. The lowest BCUT2D eigenvalue weighted by Gasteiger charge is -2.25. The van der Waals surface area contributed by atoms with Gasteiger partial charge in [0.05, 0.1) is 0 Å². The van der Waals surface area contributed by atoms with Crippen molar-refractivity contribution >= 4 is 0 Å². The first-order valence-corrected chi connectivity index (χ1v) is 4.46. The van der Waals surface area contributed by atoms with Gasteiger partial charge in [-0.1, -0.05) is 6.92 Å². The smallest absolute Gasteiger partial charge is 0.105 e. The van der Waals surface area contributed by atoms with Crippen molar-refractivity contribution in [2.45, 2.75) is 39.3 Å². The monoisotopic (exact) mass is 159 g/mol. The molecule has 0 aromatic carbocycles. The van der Waals surface area contributed by atoms with E-state index in [1.54, 1.807) is 0 Å². The van der Waals surface area contributed by atoms with Crippen LogP contribution < -0.4 is 0 Å². The van der Waals surface area contributed by atoms with E-state index in [-0.39, 0.29) is 12.7 Å². The van der Waals surface area contributed by atoms with Gasteiger partial charge in [0.25, 0.3) is 0 Å². The summed E-state index contributed by atoms with van der Waals surface area (Å²) in [6, 6.07) is 0.700. The summed E-state index contributed by atoms with van der Waals surface area (Å²) in [6.45, 7) is 7.38. The molecule has 0 aromatic heterocycles. The second kappa shape index (κ2) is 3.53. The van der Waals surface area contributed by atoms with Crippen LogP contribution in [0.15, 0.2) is 0 Å². The predicted octanol–water partition coefficient (Wildman–Crippen LogP) is 2.07. The highest BCUT2D eigenvalue weighted by Gasteiger charge is 2.30. The highest BCUT2D eigenvalue weighted by atomic mass is 19.1. The van der Waals surface area contributed by atoms with Gasteiger partial charge in [0.2, 0.25) is 0 Å². The highest BCUT2D eigenvalue weighted by molar-refractivity contribution is 4.84. The van der Waals surface area contributed by atoms with Gasteiger partial charge in [0.1, 0.15) is 6.67 Å². The fourth-order valence-electron chi connectivity index (χ4n) is 1.97. The number of hydrogen-bond acceptors (Lipinski definition) is 1. The second-order valence-corrected chi connectivity index (χ2v) is 3.94. The number of hydrogen-bond donors (Lipinski definition) is 0. The third-order valence-corrected chi connectivity index (χ3v) is 2.51. The van der Waals surface area contributed by atoms with Crippen molar-refractivity contribution in [3.05, 3.63) is 0 Å². The zero-order chi connectivity index (χ0) is 8.43. The van der Waals surface area contributed by atoms with Crippen LogP contribution in [0.1, 0.15) is 27.2 Å². The molecule has 1 saturated heterocycles. The minimum atomic E-state index is -0.178. The van der Waals surface area contributed by atoms with Gasteiger partial charge in [0.15, 0.2) is 0 Å². The Balaban J connectivity index is 2.50. The zero-order valence-corrected chi connectivity index (χ0v) is 7.68. The molecule has 0 saturated carbocycles. The molecule has 0 spiro atoms. The van der Waals surface area contributed by atoms with Crippen LogP contribution in [0.3, 0.4) is 0 Å². The average molecular weight is 159 g/mol. The van der Waals surface area contributed by atoms with Crippen LogP contribution in [0.4, 0.5) is 4.39 Å². The molecule has 0 aromatic rings. The van der Waals surface area contributed by atoms with Gasteiger partial charge in [-0.3, -0.25) is 4.90 Å². The van der Waals surface area contributed by atoms with Gasteiger partial charge < -0.3 is 0 Å². The Morgan fingerprint density at radius 3 is 2.55 bits per heavy atom. The van der Waals surface area contributed by atoms with Crippen LogP contribution >= 0.6 is 0 Å². The summed E-state index contributed by atoms with van der Waals surface area (Å²) in [5.41, 5.74) is 0. The Kier molecular flexibility index (Phi) is 2.88. The lowest BCUT2D eigenvalue weighted by Crippen LogP contribution is -2.36. The van der Waals surface area contributed by atoms with Gasteiger partial charge in [-0.2, -0.15) is 0 Å². The maximum Gasteiger partial charge on any atom is 0.105 e. The number of alkyl halides is 1. The summed E-state index contributed by atoms with van der Waals surface area (Å²) in [5.74, 6) is 0.679. The first-order chi connectivity index (χ1) is 5.15. The maximum atomic E-state index is 12.4. The van der Waals surface area contributed by atoms with Crippen LogP contribution in [0, 0.1) is 5.92 Å². The normalized spacial score (nSPS) is 33.5. The molecule has 11 heavy (non-hydrogen) atoms. The molecule has 66 valence electrons. The van der Waals surface area contributed by atoms with Gasteiger partial charge in [0, 0.05) is 18.6 Å². The summed E-state index contributed by atoms with van der Waals surface area (Å²) < 4.78 is 12.4. The van der Waals surface area contributed by atoms with E-state index in [2.05, 4.69) is 25.7 Å². The van der Waals surface area contributed by atoms with Crippen molar-refractivity contribution in [2.75, 3.05) is 13.2 Å². The Morgan fingerprint density at radius 2 is 2.18 bits per heavy atom. The van der Waals surface area contributed by atoms with E-state index in [1.165, 1.54) is 0 Å². The quantitative estimate of drug-likeness (QED) is 0.596. The minimum absolute atomic E-state index is 0.178. The fourth-order valence-corrected chi connectivity index (χ4v) is 1.97. The van der Waals surface area contributed by atoms with E-state index in [0.717, 1.165) is 13.0 Å². The molecule has 0 bridgehead atoms. The van der Waals surface area contributed by atoms with Crippen molar-refractivity contribution in [3.63, 3.8) is 0 Å². The third-order valence-electron chi connectivity index (χ3n) is 2.51. The molecule has 0 radical (unpaired) electrons. The summed E-state index contributed by atoms with van der Waals surface area (Å²) in [6.07, 6.45) is 1.04. The topological polar surface area (TPSA) is 3.24 Å². The summed E-state index contributed by atoms with van der Waals surface area (Å²) in [4.78, 5) is 2.27. The molecule has 1 aliphatic heterocycles. The summed E-state index contributed by atoms with van der Waals surface area (Å²) in [7, 11) is 0. The lowest BCUT2D eigenvalue weighted by atomic mass is 10.1. The molecule has 1 heterocycles. The van der Waals surface area contributed by atoms with Gasteiger partial charge in [-0.15, -0.1) is 0 Å². The minimum Gasteiger partial charge on any atom is -0.295 e. The third kappa shape index (κ3) is 1.92. The SMILES string of the molecule is CC1CC(CF)N(C(C)C)C1. The number of rotatable bonds is 2. The molecule has 1 aliphatic rings. The molecule has 2 heteroatoms. The van der Waals surface area contributed by atoms with Crippen molar-refractivity contribution in [1.82, 2.24) is 4.90 Å². The van der Waals surface area contributed by atoms with E-state index in [0.29, 0.717) is 12.0 Å². The van der Waals surface area contributed by atoms with Crippen molar-refractivity contribution in [2.24, 2.45) is 5.92 Å². The standard InChI is InChI=1S/C9H18FN/c1-7(2)11-6-8(3)4-9(11)5-10/h7-9H,4-6H2,1-3H3.